The third-order valence-corrected chi connectivity index (χ3v) is 5.03. The molecule has 0 N–H and O–H groups in total. The van der Waals surface area contributed by atoms with Crippen molar-refractivity contribution in [2.75, 3.05) is 0 Å². The normalized spacial score (nSPS) is 10.8. The lowest BCUT2D eigenvalue weighted by Crippen LogP contribution is -2.30. The van der Waals surface area contributed by atoms with Crippen molar-refractivity contribution >= 4 is 40.4 Å². The number of halogens is 2. The van der Waals surface area contributed by atoms with E-state index in [2.05, 4.69) is 0 Å². The Bertz CT molecular complexity index is 822. The molecule has 6 heteroatoms. The van der Waals surface area contributed by atoms with Crippen LogP contribution in [0.5, 0.6) is 0 Å². The van der Waals surface area contributed by atoms with E-state index < -0.39 is 0 Å². The van der Waals surface area contributed by atoms with Crippen LogP contribution in [0.4, 0.5) is 0 Å². The summed E-state index contributed by atoms with van der Waals surface area (Å²) in [7, 11) is 1.97. The fraction of sp³-hybridized carbons (Fsp3) is 0.167. The second-order valence-electron chi connectivity index (χ2n) is 5.51. The highest BCUT2D eigenvalue weighted by atomic mass is 35.5. The standard InChI is InChI=1S/C18H16Cl2N2OS/c1-21-6-2-4-16(21)11-22(12-17-5-3-7-24-17)18(23)13-8-14(19)10-15(20)9-13/h2-10H,11-12H2,1H3. The molecular weight excluding hydrogens is 363 g/mol. The lowest BCUT2D eigenvalue weighted by atomic mass is 10.2. The second kappa shape index (κ2) is 7.43. The predicted molar refractivity (Wildman–Crippen MR) is 99.8 cm³/mol. The van der Waals surface area contributed by atoms with Crippen LogP contribution in [0.3, 0.4) is 0 Å². The Morgan fingerprint density at radius 1 is 1.12 bits per heavy atom. The summed E-state index contributed by atoms with van der Waals surface area (Å²) in [5.74, 6) is -0.0889. The van der Waals surface area contributed by atoms with Crippen LogP contribution in [-0.2, 0) is 20.1 Å². The Hall–Kier alpha value is -1.75. The van der Waals surface area contributed by atoms with Gasteiger partial charge in [0.25, 0.3) is 5.91 Å². The summed E-state index contributed by atoms with van der Waals surface area (Å²) < 4.78 is 2.01. The highest BCUT2D eigenvalue weighted by Crippen LogP contribution is 2.22. The fourth-order valence-electron chi connectivity index (χ4n) is 2.51. The maximum absolute atomic E-state index is 13.0. The first kappa shape index (κ1) is 17.1. The molecule has 124 valence electrons. The quantitative estimate of drug-likeness (QED) is 0.596. The van der Waals surface area contributed by atoms with Crippen LogP contribution >= 0.6 is 34.5 Å². The van der Waals surface area contributed by atoms with Gasteiger partial charge in [-0.15, -0.1) is 11.3 Å². The number of carbonyl (C=O) groups is 1. The number of aromatic nitrogens is 1. The maximum atomic E-state index is 13.0. The average molecular weight is 379 g/mol. The highest BCUT2D eigenvalue weighted by Gasteiger charge is 2.19. The number of hydrogen-bond acceptors (Lipinski definition) is 2. The molecule has 0 aliphatic carbocycles. The van der Waals surface area contributed by atoms with Crippen LogP contribution in [0.15, 0.2) is 54.0 Å². The van der Waals surface area contributed by atoms with Crippen molar-refractivity contribution in [3.63, 3.8) is 0 Å². The van der Waals surface area contributed by atoms with Gasteiger partial charge in [-0.1, -0.05) is 29.3 Å². The molecule has 0 fully saturated rings. The number of thiophene rings is 1. The summed E-state index contributed by atoms with van der Waals surface area (Å²) in [5, 5.41) is 2.93. The number of carbonyl (C=O) groups excluding carboxylic acids is 1. The van der Waals surface area contributed by atoms with Crippen molar-refractivity contribution < 1.29 is 4.79 Å². The first-order valence-electron chi connectivity index (χ1n) is 7.41. The Morgan fingerprint density at radius 2 is 1.88 bits per heavy atom. The summed E-state index contributed by atoms with van der Waals surface area (Å²) in [5.41, 5.74) is 1.56. The van der Waals surface area contributed by atoms with Crippen molar-refractivity contribution in [3.05, 3.63) is 80.2 Å². The van der Waals surface area contributed by atoms with Gasteiger partial charge in [-0.25, -0.2) is 0 Å². The van der Waals surface area contributed by atoms with Gasteiger partial charge in [-0.3, -0.25) is 4.79 Å². The maximum Gasteiger partial charge on any atom is 0.254 e. The van der Waals surface area contributed by atoms with Crippen LogP contribution in [0.25, 0.3) is 0 Å². The van der Waals surface area contributed by atoms with E-state index in [1.165, 1.54) is 0 Å². The molecule has 3 rings (SSSR count). The molecule has 0 aliphatic heterocycles. The van der Waals surface area contributed by atoms with E-state index in [-0.39, 0.29) is 5.91 Å². The molecule has 0 bridgehead atoms. The zero-order chi connectivity index (χ0) is 17.1. The summed E-state index contributed by atoms with van der Waals surface area (Å²) in [4.78, 5) is 16.0. The number of benzene rings is 1. The predicted octanol–water partition coefficient (Wildman–Crippen LogP) is 5.24. The van der Waals surface area contributed by atoms with Crippen LogP contribution in [0, 0.1) is 0 Å². The van der Waals surface area contributed by atoms with Gasteiger partial charge in [0.2, 0.25) is 0 Å². The number of amides is 1. The van der Waals surface area contributed by atoms with E-state index in [1.54, 1.807) is 29.5 Å². The van der Waals surface area contributed by atoms with Crippen LogP contribution in [0.1, 0.15) is 20.9 Å². The van der Waals surface area contributed by atoms with Gasteiger partial charge in [-0.2, -0.15) is 0 Å². The highest BCUT2D eigenvalue weighted by molar-refractivity contribution is 7.09. The van der Waals surface area contributed by atoms with Crippen molar-refractivity contribution in [3.8, 4) is 0 Å². The molecule has 2 heterocycles. The lowest BCUT2D eigenvalue weighted by molar-refractivity contribution is 0.0728. The first-order chi connectivity index (χ1) is 11.5. The van der Waals surface area contributed by atoms with Gasteiger partial charge in [0, 0.05) is 39.4 Å². The minimum absolute atomic E-state index is 0.0889. The van der Waals surface area contributed by atoms with Crippen molar-refractivity contribution in [2.24, 2.45) is 7.05 Å². The second-order valence-corrected chi connectivity index (χ2v) is 7.41. The van der Waals surface area contributed by atoms with Crippen LogP contribution in [0.2, 0.25) is 10.0 Å². The zero-order valence-corrected chi connectivity index (χ0v) is 15.4. The molecule has 0 spiro atoms. The molecule has 0 unspecified atom stereocenters. The number of hydrogen-bond donors (Lipinski definition) is 0. The third kappa shape index (κ3) is 4.01. The van der Waals surface area contributed by atoms with E-state index in [0.717, 1.165) is 10.6 Å². The molecule has 3 aromatic rings. The molecule has 0 saturated heterocycles. The third-order valence-electron chi connectivity index (χ3n) is 3.73. The molecule has 0 aliphatic rings. The Labute approximate surface area is 155 Å². The SMILES string of the molecule is Cn1cccc1CN(Cc1cccs1)C(=O)c1cc(Cl)cc(Cl)c1. The molecule has 1 aromatic carbocycles. The van der Waals surface area contributed by atoms with Crippen LogP contribution < -0.4 is 0 Å². The van der Waals surface area contributed by atoms with E-state index >= 15 is 0 Å². The van der Waals surface area contributed by atoms with E-state index in [0.29, 0.717) is 28.7 Å². The van der Waals surface area contributed by atoms with Crippen molar-refractivity contribution in [1.82, 2.24) is 9.47 Å². The molecule has 3 nitrogen and oxygen atoms in total. The Morgan fingerprint density at radius 3 is 2.46 bits per heavy atom. The number of aryl methyl sites for hydroxylation is 1. The molecule has 2 aromatic heterocycles. The molecule has 24 heavy (non-hydrogen) atoms. The van der Waals surface area contributed by atoms with Crippen LogP contribution in [-0.4, -0.2) is 15.4 Å². The average Bonchev–Trinajstić information content (AvgIpc) is 3.17. The van der Waals surface area contributed by atoms with E-state index in [1.807, 2.05) is 52.4 Å². The van der Waals surface area contributed by atoms with Gasteiger partial charge in [0.05, 0.1) is 13.1 Å². The van der Waals surface area contributed by atoms with Crippen molar-refractivity contribution in [2.45, 2.75) is 13.1 Å². The minimum atomic E-state index is -0.0889. The van der Waals surface area contributed by atoms with Gasteiger partial charge in [-0.05, 0) is 41.8 Å². The van der Waals surface area contributed by atoms with E-state index in [4.69, 9.17) is 23.2 Å². The van der Waals surface area contributed by atoms with E-state index in [9.17, 15) is 4.79 Å². The number of rotatable bonds is 5. The summed E-state index contributed by atoms with van der Waals surface area (Å²) >= 11 is 13.7. The summed E-state index contributed by atoms with van der Waals surface area (Å²) in [6, 6.07) is 12.9. The Kier molecular flexibility index (Phi) is 5.29. The van der Waals surface area contributed by atoms with Gasteiger partial charge in [0.1, 0.15) is 0 Å². The van der Waals surface area contributed by atoms with Gasteiger partial charge in [0.15, 0.2) is 0 Å². The van der Waals surface area contributed by atoms with Gasteiger partial charge >= 0.3 is 0 Å². The number of nitrogens with zero attached hydrogens (tertiary/aromatic N) is 2. The minimum Gasteiger partial charge on any atom is -0.353 e. The Balaban J connectivity index is 1.90. The summed E-state index contributed by atoms with van der Waals surface area (Å²) in [6.07, 6.45) is 1.97. The molecular formula is C18H16Cl2N2OS. The van der Waals surface area contributed by atoms with Crippen molar-refractivity contribution in [1.29, 1.82) is 0 Å². The summed E-state index contributed by atoms with van der Waals surface area (Å²) in [6.45, 7) is 1.07. The van der Waals surface area contributed by atoms with Gasteiger partial charge < -0.3 is 9.47 Å². The molecule has 0 radical (unpaired) electrons. The fourth-order valence-corrected chi connectivity index (χ4v) is 3.75. The molecule has 0 atom stereocenters. The smallest absolute Gasteiger partial charge is 0.254 e. The lowest BCUT2D eigenvalue weighted by Gasteiger charge is -2.23. The molecule has 1 amide bonds. The zero-order valence-electron chi connectivity index (χ0n) is 13.1. The molecule has 0 saturated carbocycles. The largest absolute Gasteiger partial charge is 0.353 e. The topological polar surface area (TPSA) is 25.2 Å². The first-order valence-corrected chi connectivity index (χ1v) is 9.04. The monoisotopic (exact) mass is 378 g/mol.